The van der Waals surface area contributed by atoms with Crippen LogP contribution in [0.3, 0.4) is 0 Å². The number of benzene rings is 1. The van der Waals surface area contributed by atoms with Crippen LogP contribution in [-0.4, -0.2) is 4.98 Å². The van der Waals surface area contributed by atoms with E-state index in [0.29, 0.717) is 0 Å². The third-order valence-electron chi connectivity index (χ3n) is 2.86. The van der Waals surface area contributed by atoms with Gasteiger partial charge in [0.1, 0.15) is 0 Å². The van der Waals surface area contributed by atoms with Gasteiger partial charge in [-0.2, -0.15) is 0 Å². The second-order valence-corrected chi connectivity index (χ2v) is 4.93. The van der Waals surface area contributed by atoms with Crippen molar-refractivity contribution in [2.24, 2.45) is 0 Å². The van der Waals surface area contributed by atoms with Crippen LogP contribution in [0.4, 0.5) is 0 Å². The van der Waals surface area contributed by atoms with Crippen molar-refractivity contribution in [3.8, 4) is 0 Å². The summed E-state index contributed by atoms with van der Waals surface area (Å²) in [6.07, 6.45) is 3.58. The fourth-order valence-electron chi connectivity index (χ4n) is 1.77. The van der Waals surface area contributed by atoms with E-state index in [0.717, 1.165) is 10.6 Å². The molecule has 1 heterocycles. The molecule has 0 aliphatic carbocycles. The van der Waals surface area contributed by atoms with Gasteiger partial charge in [0.25, 0.3) is 0 Å². The Labute approximate surface area is 111 Å². The Morgan fingerprint density at radius 3 is 2.12 bits per heavy atom. The van der Waals surface area contributed by atoms with E-state index in [9.17, 15) is 0 Å². The molecule has 0 bridgehead atoms. The van der Waals surface area contributed by atoms with Crippen molar-refractivity contribution in [3.05, 3.63) is 64.9 Å². The first-order chi connectivity index (χ1) is 8.18. The summed E-state index contributed by atoms with van der Waals surface area (Å²) in [5.74, 6) is 0.237. The largest absolute Gasteiger partial charge is 0.265 e. The maximum absolute atomic E-state index is 6.48. The summed E-state index contributed by atoms with van der Waals surface area (Å²) in [7, 11) is 0. The number of hydrogen-bond acceptors (Lipinski definition) is 1. The van der Waals surface area contributed by atoms with Crippen LogP contribution >= 0.6 is 23.2 Å². The standard InChI is InChI=1S/C14H13Cl2N/c1-10(11-6-8-17-9-7-11)14(16)12-2-4-13(15)5-3-12/h2-10,14H,1H3. The molecule has 1 aromatic carbocycles. The minimum absolute atomic E-state index is 0.0605. The molecule has 0 radical (unpaired) electrons. The lowest BCUT2D eigenvalue weighted by Gasteiger charge is -2.18. The Bertz CT molecular complexity index is 467. The Balaban J connectivity index is 2.20. The van der Waals surface area contributed by atoms with Gasteiger partial charge in [0.15, 0.2) is 0 Å². The average Bonchev–Trinajstić information content (AvgIpc) is 2.39. The molecular formula is C14H13Cl2N. The molecule has 1 aromatic heterocycles. The fourth-order valence-corrected chi connectivity index (χ4v) is 2.19. The first-order valence-electron chi connectivity index (χ1n) is 5.48. The van der Waals surface area contributed by atoms with Gasteiger partial charge in [-0.3, -0.25) is 4.98 Å². The second-order valence-electron chi connectivity index (χ2n) is 4.02. The van der Waals surface area contributed by atoms with Gasteiger partial charge in [-0.05, 0) is 35.4 Å². The molecule has 17 heavy (non-hydrogen) atoms. The Hall–Kier alpha value is -1.05. The SMILES string of the molecule is CC(c1ccncc1)C(Cl)c1ccc(Cl)cc1. The highest BCUT2D eigenvalue weighted by Crippen LogP contribution is 2.35. The number of hydrogen-bond donors (Lipinski definition) is 0. The van der Waals surface area contributed by atoms with Crippen LogP contribution in [0, 0.1) is 0 Å². The summed E-state index contributed by atoms with van der Waals surface area (Å²) >= 11 is 12.3. The highest BCUT2D eigenvalue weighted by molar-refractivity contribution is 6.30. The van der Waals surface area contributed by atoms with Crippen molar-refractivity contribution in [2.45, 2.75) is 18.2 Å². The van der Waals surface area contributed by atoms with Crippen molar-refractivity contribution in [3.63, 3.8) is 0 Å². The van der Waals surface area contributed by atoms with Crippen LogP contribution in [-0.2, 0) is 0 Å². The highest BCUT2D eigenvalue weighted by atomic mass is 35.5. The van der Waals surface area contributed by atoms with Crippen LogP contribution < -0.4 is 0 Å². The quantitative estimate of drug-likeness (QED) is 0.726. The fraction of sp³-hybridized carbons (Fsp3) is 0.214. The van der Waals surface area contributed by atoms with E-state index >= 15 is 0 Å². The summed E-state index contributed by atoms with van der Waals surface area (Å²) in [5, 5.41) is 0.670. The monoisotopic (exact) mass is 265 g/mol. The van der Waals surface area contributed by atoms with Crippen LogP contribution in [0.1, 0.15) is 29.3 Å². The number of pyridine rings is 1. The van der Waals surface area contributed by atoms with E-state index in [1.807, 2.05) is 36.4 Å². The molecule has 88 valence electrons. The lowest BCUT2D eigenvalue weighted by molar-refractivity contribution is 0.730. The first kappa shape index (κ1) is 12.4. The van der Waals surface area contributed by atoms with Crippen LogP contribution in [0.15, 0.2) is 48.8 Å². The zero-order chi connectivity index (χ0) is 12.3. The van der Waals surface area contributed by atoms with Gasteiger partial charge in [0, 0.05) is 23.3 Å². The third-order valence-corrected chi connectivity index (χ3v) is 3.74. The van der Waals surface area contributed by atoms with Crippen molar-refractivity contribution in [1.29, 1.82) is 0 Å². The van der Waals surface area contributed by atoms with Crippen LogP contribution in [0.2, 0.25) is 5.02 Å². The molecule has 0 N–H and O–H groups in total. The van der Waals surface area contributed by atoms with Gasteiger partial charge >= 0.3 is 0 Å². The van der Waals surface area contributed by atoms with Crippen molar-refractivity contribution in [1.82, 2.24) is 4.98 Å². The lowest BCUT2D eigenvalue weighted by Crippen LogP contribution is -2.02. The van der Waals surface area contributed by atoms with E-state index in [2.05, 4.69) is 11.9 Å². The summed E-state index contributed by atoms with van der Waals surface area (Å²) in [4.78, 5) is 4.01. The first-order valence-corrected chi connectivity index (χ1v) is 6.29. The average molecular weight is 266 g/mol. The summed E-state index contributed by atoms with van der Waals surface area (Å²) in [6.45, 7) is 2.11. The van der Waals surface area contributed by atoms with Crippen molar-refractivity contribution < 1.29 is 0 Å². The second kappa shape index (κ2) is 5.52. The Morgan fingerprint density at radius 2 is 1.53 bits per heavy atom. The van der Waals surface area contributed by atoms with E-state index in [4.69, 9.17) is 23.2 Å². The maximum atomic E-state index is 6.48. The predicted molar refractivity (Wildman–Crippen MR) is 72.7 cm³/mol. The third kappa shape index (κ3) is 2.99. The number of rotatable bonds is 3. The molecular weight excluding hydrogens is 253 g/mol. The zero-order valence-electron chi connectivity index (χ0n) is 9.48. The van der Waals surface area contributed by atoms with E-state index in [1.54, 1.807) is 12.4 Å². The highest BCUT2D eigenvalue weighted by Gasteiger charge is 2.18. The van der Waals surface area contributed by atoms with Gasteiger partial charge in [-0.25, -0.2) is 0 Å². The Kier molecular flexibility index (Phi) is 4.03. The van der Waals surface area contributed by atoms with Crippen LogP contribution in [0.25, 0.3) is 0 Å². The molecule has 0 aliphatic heterocycles. The topological polar surface area (TPSA) is 12.9 Å². The van der Waals surface area contributed by atoms with Crippen LogP contribution in [0.5, 0.6) is 0 Å². The van der Waals surface area contributed by atoms with Gasteiger partial charge in [0.2, 0.25) is 0 Å². The smallest absolute Gasteiger partial charge is 0.0651 e. The molecule has 2 unspecified atom stereocenters. The van der Waals surface area contributed by atoms with E-state index in [1.165, 1.54) is 5.56 Å². The molecule has 0 fully saturated rings. The minimum atomic E-state index is -0.0605. The molecule has 3 heteroatoms. The van der Waals surface area contributed by atoms with Gasteiger partial charge < -0.3 is 0 Å². The molecule has 2 rings (SSSR count). The Morgan fingerprint density at radius 1 is 0.941 bits per heavy atom. The zero-order valence-corrected chi connectivity index (χ0v) is 11.0. The molecule has 0 amide bonds. The number of halogens is 2. The van der Waals surface area contributed by atoms with E-state index < -0.39 is 0 Å². The maximum Gasteiger partial charge on any atom is 0.0651 e. The number of nitrogens with zero attached hydrogens (tertiary/aromatic N) is 1. The number of aromatic nitrogens is 1. The number of alkyl halides is 1. The summed E-state index contributed by atoms with van der Waals surface area (Å²) in [5.41, 5.74) is 2.27. The summed E-state index contributed by atoms with van der Waals surface area (Å²) in [6, 6.07) is 11.7. The molecule has 0 saturated heterocycles. The molecule has 0 aliphatic rings. The summed E-state index contributed by atoms with van der Waals surface area (Å²) < 4.78 is 0. The van der Waals surface area contributed by atoms with Crippen molar-refractivity contribution in [2.75, 3.05) is 0 Å². The molecule has 1 nitrogen and oxygen atoms in total. The van der Waals surface area contributed by atoms with E-state index in [-0.39, 0.29) is 11.3 Å². The lowest BCUT2D eigenvalue weighted by atomic mass is 9.94. The molecule has 0 spiro atoms. The minimum Gasteiger partial charge on any atom is -0.265 e. The van der Waals surface area contributed by atoms with Gasteiger partial charge in [0.05, 0.1) is 5.38 Å². The van der Waals surface area contributed by atoms with Crippen molar-refractivity contribution >= 4 is 23.2 Å². The normalized spacial score (nSPS) is 14.3. The molecule has 2 atom stereocenters. The van der Waals surface area contributed by atoms with Gasteiger partial charge in [-0.15, -0.1) is 11.6 Å². The van der Waals surface area contributed by atoms with Gasteiger partial charge in [-0.1, -0.05) is 30.7 Å². The molecule has 2 aromatic rings. The predicted octanol–water partition coefficient (Wildman–Crippen LogP) is 4.82. The molecule has 0 saturated carbocycles.